The third-order valence-corrected chi connectivity index (χ3v) is 6.30. The molecule has 0 aliphatic carbocycles. The molecule has 0 radical (unpaired) electrons. The second-order valence-corrected chi connectivity index (χ2v) is 8.91. The Morgan fingerprint density at radius 1 is 1.19 bits per heavy atom. The molecule has 164 valence electrons. The van der Waals surface area contributed by atoms with Crippen LogP contribution in [0, 0.1) is 12.8 Å². The van der Waals surface area contributed by atoms with Gasteiger partial charge in [-0.3, -0.25) is 4.79 Å². The maximum Gasteiger partial charge on any atom is 0.390 e. The van der Waals surface area contributed by atoms with Crippen LogP contribution in [0.5, 0.6) is 0 Å². The predicted octanol–water partition coefficient (Wildman–Crippen LogP) is 4.66. The third-order valence-electron chi connectivity index (χ3n) is 5.42. The summed E-state index contributed by atoms with van der Waals surface area (Å²) in [6, 6.07) is 7.74. The topological polar surface area (TPSA) is 71.0 Å². The molecule has 1 aliphatic heterocycles. The number of carbonyl (C=O) groups is 1. The van der Waals surface area contributed by atoms with Crippen LogP contribution >= 0.6 is 11.3 Å². The Balaban J connectivity index is 1.38. The molecule has 3 aromatic rings. The number of hydrogen-bond donors (Lipinski definition) is 1. The third kappa shape index (κ3) is 5.56. The molecular weight excluding hydrogens is 427 g/mol. The summed E-state index contributed by atoms with van der Waals surface area (Å²) in [5, 5.41) is 14.7. The molecule has 1 aliphatic rings. The van der Waals surface area contributed by atoms with Gasteiger partial charge in [0.25, 0.3) is 0 Å². The van der Waals surface area contributed by atoms with E-state index in [0.717, 1.165) is 26.4 Å². The van der Waals surface area contributed by atoms with Crippen LogP contribution in [0.1, 0.15) is 24.3 Å². The smallest absolute Gasteiger partial charge is 0.310 e. The first kappa shape index (κ1) is 21.6. The van der Waals surface area contributed by atoms with E-state index in [1.54, 1.807) is 11.1 Å². The van der Waals surface area contributed by atoms with Crippen LogP contribution in [0.2, 0.25) is 0 Å². The molecule has 0 spiro atoms. The number of rotatable bonds is 5. The van der Waals surface area contributed by atoms with E-state index in [2.05, 4.69) is 20.5 Å². The van der Waals surface area contributed by atoms with Crippen LogP contribution in [0.4, 0.5) is 19.0 Å². The van der Waals surface area contributed by atoms with E-state index < -0.39 is 12.6 Å². The first-order valence-electron chi connectivity index (χ1n) is 10.1. The van der Waals surface area contributed by atoms with Gasteiger partial charge >= 0.3 is 6.18 Å². The van der Waals surface area contributed by atoms with Crippen LogP contribution in [-0.4, -0.2) is 51.8 Å². The van der Waals surface area contributed by atoms with Gasteiger partial charge in [0, 0.05) is 29.6 Å². The lowest BCUT2D eigenvalue weighted by Crippen LogP contribution is -2.39. The maximum absolute atomic E-state index is 12.7. The largest absolute Gasteiger partial charge is 0.390 e. The molecule has 0 atom stereocenters. The molecule has 1 N–H and O–H groups in total. The number of halogens is 3. The number of anilines is 1. The van der Waals surface area contributed by atoms with Gasteiger partial charge in [0.1, 0.15) is 15.8 Å². The fourth-order valence-corrected chi connectivity index (χ4v) is 4.38. The van der Waals surface area contributed by atoms with Gasteiger partial charge in [-0.1, -0.05) is 23.5 Å². The van der Waals surface area contributed by atoms with Crippen LogP contribution < -0.4 is 5.32 Å². The summed E-state index contributed by atoms with van der Waals surface area (Å²) < 4.78 is 37.2. The van der Waals surface area contributed by atoms with E-state index in [-0.39, 0.29) is 18.4 Å². The summed E-state index contributed by atoms with van der Waals surface area (Å²) in [4.78, 5) is 18.7. The standard InChI is InChI=1S/C21H22F3N5OS/c1-13-27-28-20(31-13)15-2-3-16-12-25-18(11-17(16)10-15)26-19(30)14-4-7-29(8-5-14)9-6-21(22,23)24/h2-3,10-12,14H,4-9H2,1H3,(H,25,26,30). The monoisotopic (exact) mass is 449 g/mol. The number of carbonyl (C=O) groups excluding carboxylic acids is 1. The Morgan fingerprint density at radius 2 is 1.97 bits per heavy atom. The van der Waals surface area contributed by atoms with E-state index in [1.807, 2.05) is 31.2 Å². The van der Waals surface area contributed by atoms with Gasteiger partial charge in [0.05, 0.1) is 6.42 Å². The Kier molecular flexibility index (Phi) is 6.19. The highest BCUT2D eigenvalue weighted by Crippen LogP contribution is 2.28. The summed E-state index contributed by atoms with van der Waals surface area (Å²) >= 11 is 1.51. The number of alkyl halides is 3. The van der Waals surface area contributed by atoms with Gasteiger partial charge < -0.3 is 10.2 Å². The number of fused-ring (bicyclic) bond motifs is 1. The SMILES string of the molecule is Cc1nnc(-c2ccc3cnc(NC(=O)C4CCN(CCC(F)(F)F)CC4)cc3c2)s1. The number of piperidine rings is 1. The van der Waals surface area contributed by atoms with Crippen molar-refractivity contribution in [3.63, 3.8) is 0 Å². The summed E-state index contributed by atoms with van der Waals surface area (Å²) in [5.41, 5.74) is 0.952. The number of pyridine rings is 1. The minimum atomic E-state index is -4.15. The number of hydrogen-bond acceptors (Lipinski definition) is 6. The fourth-order valence-electron chi connectivity index (χ4n) is 3.69. The number of aryl methyl sites for hydroxylation is 1. The highest BCUT2D eigenvalue weighted by molar-refractivity contribution is 7.14. The molecule has 1 saturated heterocycles. The van der Waals surface area contributed by atoms with Crippen LogP contribution in [-0.2, 0) is 4.79 Å². The minimum absolute atomic E-state index is 0.0133. The number of benzene rings is 1. The molecule has 0 saturated carbocycles. The van der Waals surface area contributed by atoms with Crippen molar-refractivity contribution in [2.45, 2.75) is 32.4 Å². The molecule has 4 rings (SSSR count). The minimum Gasteiger partial charge on any atom is -0.310 e. The van der Waals surface area contributed by atoms with Gasteiger partial charge in [-0.25, -0.2) is 4.98 Å². The molecule has 31 heavy (non-hydrogen) atoms. The molecule has 2 aromatic heterocycles. The maximum atomic E-state index is 12.7. The lowest BCUT2D eigenvalue weighted by molar-refractivity contribution is -0.139. The molecule has 6 nitrogen and oxygen atoms in total. The number of aromatic nitrogens is 3. The fraction of sp³-hybridized carbons (Fsp3) is 0.429. The lowest BCUT2D eigenvalue weighted by Gasteiger charge is -2.31. The number of nitrogens with zero attached hydrogens (tertiary/aromatic N) is 4. The molecule has 10 heteroatoms. The first-order valence-corrected chi connectivity index (χ1v) is 10.9. The zero-order valence-corrected chi connectivity index (χ0v) is 17.8. The molecule has 1 fully saturated rings. The van der Waals surface area contributed by atoms with Crippen LogP contribution in [0.15, 0.2) is 30.5 Å². The normalized spacial score (nSPS) is 16.0. The van der Waals surface area contributed by atoms with E-state index in [9.17, 15) is 18.0 Å². The van der Waals surface area contributed by atoms with Gasteiger partial charge in [-0.15, -0.1) is 10.2 Å². The second-order valence-electron chi connectivity index (χ2n) is 7.73. The molecule has 3 heterocycles. The van der Waals surface area contributed by atoms with Crippen molar-refractivity contribution < 1.29 is 18.0 Å². The van der Waals surface area contributed by atoms with Crippen LogP contribution in [0.25, 0.3) is 21.3 Å². The van der Waals surface area contributed by atoms with Crippen LogP contribution in [0.3, 0.4) is 0 Å². The molecule has 1 aromatic carbocycles. The second kappa shape index (κ2) is 8.88. The van der Waals surface area contributed by atoms with Crippen molar-refractivity contribution in [3.05, 3.63) is 35.5 Å². The quantitative estimate of drug-likeness (QED) is 0.613. The number of nitrogens with one attached hydrogen (secondary N) is 1. The summed E-state index contributed by atoms with van der Waals surface area (Å²) in [6.07, 6.45) is -2.18. The average molecular weight is 450 g/mol. The molecule has 0 unspecified atom stereocenters. The number of likely N-dealkylation sites (tertiary alicyclic amines) is 1. The van der Waals surface area contributed by atoms with Crippen molar-refractivity contribution >= 4 is 33.8 Å². The van der Waals surface area contributed by atoms with Crippen molar-refractivity contribution in [1.29, 1.82) is 0 Å². The zero-order valence-electron chi connectivity index (χ0n) is 16.9. The van der Waals surface area contributed by atoms with E-state index in [4.69, 9.17) is 0 Å². The Morgan fingerprint density at radius 3 is 2.65 bits per heavy atom. The van der Waals surface area contributed by atoms with Crippen molar-refractivity contribution in [2.24, 2.45) is 5.92 Å². The predicted molar refractivity (Wildman–Crippen MR) is 114 cm³/mol. The highest BCUT2D eigenvalue weighted by Gasteiger charge is 2.30. The van der Waals surface area contributed by atoms with Crippen molar-refractivity contribution in [3.8, 4) is 10.6 Å². The van der Waals surface area contributed by atoms with E-state index in [1.165, 1.54) is 11.3 Å². The van der Waals surface area contributed by atoms with Gasteiger partial charge in [0.15, 0.2) is 0 Å². The van der Waals surface area contributed by atoms with Crippen molar-refractivity contribution in [2.75, 3.05) is 25.0 Å². The lowest BCUT2D eigenvalue weighted by atomic mass is 9.95. The highest BCUT2D eigenvalue weighted by atomic mass is 32.1. The average Bonchev–Trinajstić information content (AvgIpc) is 3.18. The van der Waals surface area contributed by atoms with Gasteiger partial charge in [-0.05, 0) is 50.4 Å². The Bertz CT molecular complexity index is 1080. The summed E-state index contributed by atoms with van der Waals surface area (Å²) in [7, 11) is 0. The Labute approximate surface area is 181 Å². The molecule has 1 amide bonds. The molecular formula is C21H22F3N5OS. The van der Waals surface area contributed by atoms with Gasteiger partial charge in [0.2, 0.25) is 5.91 Å². The number of amides is 1. The first-order chi connectivity index (χ1) is 14.8. The summed E-state index contributed by atoms with van der Waals surface area (Å²) in [5.74, 6) is 0.0937. The van der Waals surface area contributed by atoms with Gasteiger partial charge in [-0.2, -0.15) is 13.2 Å². The van der Waals surface area contributed by atoms with Crippen molar-refractivity contribution in [1.82, 2.24) is 20.1 Å². The van der Waals surface area contributed by atoms with E-state index in [0.29, 0.717) is 31.7 Å². The van der Waals surface area contributed by atoms with E-state index >= 15 is 0 Å². The molecule has 0 bridgehead atoms. The Hall–Kier alpha value is -2.59. The summed E-state index contributed by atoms with van der Waals surface area (Å²) in [6.45, 7) is 2.87. The zero-order chi connectivity index (χ0) is 22.0.